The maximum Gasteiger partial charge on any atom is 0.436 e. The summed E-state index contributed by atoms with van der Waals surface area (Å²) in [6.45, 7) is 2.03. The normalized spacial score (nSPS) is 11.4. The van der Waals surface area contributed by atoms with Crippen molar-refractivity contribution >= 4 is 17.6 Å². The zero-order valence-corrected chi connectivity index (χ0v) is 12.3. The van der Waals surface area contributed by atoms with E-state index in [1.807, 2.05) is 35.3 Å². The quantitative estimate of drug-likeness (QED) is 0.870. The van der Waals surface area contributed by atoms with Crippen molar-refractivity contribution in [2.45, 2.75) is 6.92 Å². The van der Waals surface area contributed by atoms with Gasteiger partial charge in [0.25, 0.3) is 0 Å². The van der Waals surface area contributed by atoms with Gasteiger partial charge in [0.2, 0.25) is 4.80 Å². The van der Waals surface area contributed by atoms with Crippen LogP contribution >= 0.6 is 11.5 Å². The molecule has 0 radical (unpaired) electrons. The molecule has 2 rings (SSSR count). The largest absolute Gasteiger partial charge is 0.497 e. The molecule has 20 heavy (non-hydrogen) atoms. The van der Waals surface area contributed by atoms with Crippen LogP contribution in [0.3, 0.4) is 0 Å². The monoisotopic (exact) mass is 293 g/mol. The van der Waals surface area contributed by atoms with Gasteiger partial charge in [0.15, 0.2) is 5.82 Å². The highest BCUT2D eigenvalue weighted by molar-refractivity contribution is 7.03. The molecule has 7 heteroatoms. The van der Waals surface area contributed by atoms with Gasteiger partial charge >= 0.3 is 6.09 Å². The Bertz CT molecular complexity index is 658. The second-order valence-electron chi connectivity index (χ2n) is 3.85. The van der Waals surface area contributed by atoms with E-state index in [-0.39, 0.29) is 0 Å². The third kappa shape index (κ3) is 3.24. The summed E-state index contributed by atoms with van der Waals surface area (Å²) in [5.74, 6) is 1.52. The zero-order chi connectivity index (χ0) is 14.5. The smallest absolute Gasteiger partial charge is 0.436 e. The Hall–Kier alpha value is -2.15. The average Bonchev–Trinajstić information content (AvgIpc) is 2.80. The van der Waals surface area contributed by atoms with Crippen molar-refractivity contribution in [1.29, 1.82) is 0 Å². The molecule has 0 saturated heterocycles. The van der Waals surface area contributed by atoms with Crippen LogP contribution in [0.1, 0.15) is 6.92 Å². The van der Waals surface area contributed by atoms with Gasteiger partial charge < -0.3 is 9.47 Å². The van der Waals surface area contributed by atoms with Crippen molar-refractivity contribution in [1.82, 2.24) is 8.94 Å². The van der Waals surface area contributed by atoms with E-state index in [1.54, 1.807) is 14.0 Å². The molecule has 0 bridgehead atoms. The molecule has 2 aromatic rings. The highest BCUT2D eigenvalue weighted by Gasteiger charge is 2.07. The second kappa shape index (κ2) is 6.33. The van der Waals surface area contributed by atoms with Crippen LogP contribution in [0.4, 0.5) is 4.79 Å². The lowest BCUT2D eigenvalue weighted by Gasteiger charge is -2.02. The lowest BCUT2D eigenvalue weighted by Crippen LogP contribution is -2.06. The summed E-state index contributed by atoms with van der Waals surface area (Å²) in [7, 11) is 3.48. The minimum atomic E-state index is -0.622. The molecule has 1 amide bonds. The van der Waals surface area contributed by atoms with Gasteiger partial charge in [-0.3, -0.25) is 3.96 Å². The SMILES string of the molecule is CCOC(=O)/N=c1/nc(-c2ccc(OC)cc2)n(C)s1. The molecular weight excluding hydrogens is 278 g/mol. The van der Waals surface area contributed by atoms with E-state index in [0.29, 0.717) is 11.4 Å². The fraction of sp³-hybridized carbons (Fsp3) is 0.308. The first-order chi connectivity index (χ1) is 9.63. The topological polar surface area (TPSA) is 65.7 Å². The van der Waals surface area contributed by atoms with Crippen LogP contribution in [-0.2, 0) is 11.8 Å². The minimum Gasteiger partial charge on any atom is -0.497 e. The van der Waals surface area contributed by atoms with Gasteiger partial charge in [-0.05, 0) is 42.7 Å². The number of nitrogens with zero attached hydrogens (tertiary/aromatic N) is 3. The highest BCUT2D eigenvalue weighted by atomic mass is 32.1. The summed E-state index contributed by atoms with van der Waals surface area (Å²) in [4.78, 5) is 19.8. The van der Waals surface area contributed by atoms with Gasteiger partial charge in [-0.2, -0.15) is 4.98 Å². The van der Waals surface area contributed by atoms with Crippen LogP contribution < -0.4 is 9.54 Å². The number of rotatable bonds is 3. The number of benzene rings is 1. The van der Waals surface area contributed by atoms with E-state index in [4.69, 9.17) is 9.47 Å². The molecule has 6 nitrogen and oxygen atoms in total. The third-order valence-corrected chi connectivity index (χ3v) is 3.31. The zero-order valence-electron chi connectivity index (χ0n) is 11.5. The summed E-state index contributed by atoms with van der Waals surface area (Å²) in [5.41, 5.74) is 0.926. The van der Waals surface area contributed by atoms with Gasteiger partial charge in [0.05, 0.1) is 13.7 Å². The lowest BCUT2D eigenvalue weighted by atomic mass is 10.2. The Labute approximate surface area is 120 Å². The number of hydrogen-bond donors (Lipinski definition) is 0. The Balaban J connectivity index is 2.33. The molecule has 0 unspecified atom stereocenters. The molecule has 106 valence electrons. The molecule has 0 spiro atoms. The molecule has 1 aromatic carbocycles. The van der Waals surface area contributed by atoms with Crippen molar-refractivity contribution in [3.63, 3.8) is 0 Å². The molecule has 1 heterocycles. The number of aromatic nitrogens is 2. The van der Waals surface area contributed by atoms with Crippen molar-refractivity contribution < 1.29 is 14.3 Å². The molecule has 0 aliphatic carbocycles. The molecule has 0 N–H and O–H groups in total. The van der Waals surface area contributed by atoms with Crippen molar-refractivity contribution in [2.75, 3.05) is 13.7 Å². The summed E-state index contributed by atoms with van der Waals surface area (Å²) < 4.78 is 11.7. The number of carbonyl (C=O) groups is 1. The number of hydrogen-bond acceptors (Lipinski definition) is 5. The first-order valence-electron chi connectivity index (χ1n) is 6.04. The predicted molar refractivity (Wildman–Crippen MR) is 75.7 cm³/mol. The Morgan fingerprint density at radius 1 is 1.40 bits per heavy atom. The lowest BCUT2D eigenvalue weighted by molar-refractivity contribution is 0.162. The summed E-state index contributed by atoms with van der Waals surface area (Å²) in [6, 6.07) is 7.53. The van der Waals surface area contributed by atoms with E-state index in [0.717, 1.165) is 17.1 Å². The van der Waals surface area contributed by atoms with E-state index >= 15 is 0 Å². The third-order valence-electron chi connectivity index (χ3n) is 2.52. The first kappa shape index (κ1) is 14.3. The van der Waals surface area contributed by atoms with Crippen LogP contribution in [-0.4, -0.2) is 28.8 Å². The number of amides is 1. The first-order valence-corrected chi connectivity index (χ1v) is 6.81. The number of ether oxygens (including phenoxy) is 2. The van der Waals surface area contributed by atoms with Gasteiger partial charge in [0, 0.05) is 12.6 Å². The molecule has 0 aliphatic rings. The predicted octanol–water partition coefficient (Wildman–Crippen LogP) is 2.21. The molecule has 0 atom stereocenters. The fourth-order valence-corrected chi connectivity index (χ4v) is 2.33. The fourth-order valence-electron chi connectivity index (χ4n) is 1.61. The van der Waals surface area contributed by atoms with Gasteiger partial charge in [-0.15, -0.1) is 4.99 Å². The number of methoxy groups -OCH3 is 1. The van der Waals surface area contributed by atoms with Gasteiger partial charge in [-0.25, -0.2) is 4.79 Å². The summed E-state index contributed by atoms with van der Waals surface area (Å²) in [5, 5.41) is 0. The van der Waals surface area contributed by atoms with E-state index in [2.05, 4.69) is 9.98 Å². The molecule has 0 aliphatic heterocycles. The second-order valence-corrected chi connectivity index (χ2v) is 4.94. The van der Waals surface area contributed by atoms with E-state index in [9.17, 15) is 4.79 Å². The van der Waals surface area contributed by atoms with E-state index < -0.39 is 6.09 Å². The van der Waals surface area contributed by atoms with Crippen molar-refractivity contribution in [3.05, 3.63) is 29.1 Å². The minimum absolute atomic E-state index is 0.297. The van der Waals surface area contributed by atoms with Crippen LogP contribution in [0, 0.1) is 0 Å². The van der Waals surface area contributed by atoms with Crippen LogP contribution in [0.5, 0.6) is 5.75 Å². The average molecular weight is 293 g/mol. The highest BCUT2D eigenvalue weighted by Crippen LogP contribution is 2.20. The van der Waals surface area contributed by atoms with Crippen LogP contribution in [0.2, 0.25) is 0 Å². The molecule has 1 aromatic heterocycles. The van der Waals surface area contributed by atoms with Crippen molar-refractivity contribution in [2.24, 2.45) is 12.0 Å². The molecule has 0 fully saturated rings. The molecule has 0 saturated carbocycles. The molecular formula is C13H15N3O3S. The number of aryl methyl sites for hydroxylation is 1. The maximum atomic E-state index is 11.3. The summed E-state index contributed by atoms with van der Waals surface area (Å²) in [6.07, 6.45) is -0.622. The van der Waals surface area contributed by atoms with Gasteiger partial charge in [-0.1, -0.05) is 0 Å². The standard InChI is InChI=1S/C13H15N3O3S/c1-4-19-13(17)15-12-14-11(16(2)20-12)9-5-7-10(18-3)8-6-9/h5-8H,4H2,1-3H3/b15-12-. The van der Waals surface area contributed by atoms with Crippen LogP contribution in [0.25, 0.3) is 11.4 Å². The van der Waals surface area contributed by atoms with E-state index in [1.165, 1.54) is 11.5 Å². The van der Waals surface area contributed by atoms with Crippen molar-refractivity contribution in [3.8, 4) is 17.1 Å². The number of carbonyl (C=O) groups excluding carboxylic acids is 1. The Morgan fingerprint density at radius 3 is 2.70 bits per heavy atom. The summed E-state index contributed by atoms with van der Waals surface area (Å²) >= 11 is 1.28. The maximum absolute atomic E-state index is 11.3. The Morgan fingerprint density at radius 2 is 2.10 bits per heavy atom. The van der Waals surface area contributed by atoms with Gasteiger partial charge in [0.1, 0.15) is 5.75 Å². The Kier molecular flexibility index (Phi) is 4.52. The van der Waals surface area contributed by atoms with Crippen LogP contribution in [0.15, 0.2) is 29.3 Å².